The van der Waals surface area contributed by atoms with E-state index in [0.717, 1.165) is 49.9 Å². The number of ether oxygens (including phenoxy) is 1. The molecule has 6 nitrogen and oxygen atoms in total. The summed E-state index contributed by atoms with van der Waals surface area (Å²) in [4.78, 5) is 24.4. The van der Waals surface area contributed by atoms with Gasteiger partial charge < -0.3 is 20.5 Å². The van der Waals surface area contributed by atoms with Crippen molar-refractivity contribution in [3.05, 3.63) is 101 Å². The van der Waals surface area contributed by atoms with Crippen molar-refractivity contribution in [2.75, 3.05) is 6.61 Å². The number of carboxylic acid groups (broad SMARTS) is 1. The molecule has 0 aromatic heterocycles. The van der Waals surface area contributed by atoms with Crippen LogP contribution in [0, 0.1) is 11.6 Å². The summed E-state index contributed by atoms with van der Waals surface area (Å²) in [5.74, 6) is -3.99. The zero-order chi connectivity index (χ0) is 28.9. The summed E-state index contributed by atoms with van der Waals surface area (Å²) in [6, 6.07) is 12.9. The Morgan fingerprint density at radius 3 is 2.23 bits per heavy atom. The van der Waals surface area contributed by atoms with Gasteiger partial charge in [-0.15, -0.1) is 0 Å². The molecule has 0 aliphatic heterocycles. The number of nitrogens with one attached hydrogen (secondary N) is 2. The molecule has 11 heteroatoms. The van der Waals surface area contributed by atoms with E-state index in [4.69, 9.17) is 9.84 Å². The lowest BCUT2D eigenvalue weighted by atomic mass is 9.77. The fraction of sp³-hybridized carbons (Fsp3) is 0.310. The molecule has 4 rings (SSSR count). The molecule has 0 heterocycles. The van der Waals surface area contributed by atoms with E-state index < -0.39 is 53.3 Å². The van der Waals surface area contributed by atoms with Crippen molar-refractivity contribution in [3.63, 3.8) is 0 Å². The second-order valence-electron chi connectivity index (χ2n) is 9.70. The highest BCUT2D eigenvalue weighted by Gasteiger charge is 2.41. The van der Waals surface area contributed by atoms with Crippen LogP contribution < -0.4 is 15.4 Å². The number of carbonyl (C=O) groups excluding carboxylic acids is 1. The van der Waals surface area contributed by atoms with Gasteiger partial charge in [0.15, 0.2) is 18.2 Å². The van der Waals surface area contributed by atoms with E-state index in [2.05, 4.69) is 10.6 Å². The molecule has 1 atom stereocenters. The molecule has 3 N–H and O–H groups in total. The minimum atomic E-state index is -4.90. The Labute approximate surface area is 227 Å². The molecular formula is C29H27F5N2O4. The Morgan fingerprint density at radius 1 is 0.900 bits per heavy atom. The van der Waals surface area contributed by atoms with E-state index in [1.54, 1.807) is 30.3 Å². The Morgan fingerprint density at radius 2 is 1.57 bits per heavy atom. The average molecular weight is 563 g/mol. The third-order valence-electron chi connectivity index (χ3n) is 6.82. The van der Waals surface area contributed by atoms with Crippen molar-refractivity contribution in [1.82, 2.24) is 10.6 Å². The number of hydrogen-bond acceptors (Lipinski definition) is 3. The van der Waals surface area contributed by atoms with E-state index in [9.17, 15) is 31.5 Å². The molecule has 0 unspecified atom stereocenters. The maximum Gasteiger partial charge on any atom is 0.416 e. The SMILES string of the molecule is O=C(O)COc1cc([C@@](Cc2ccccc2)(NC(=O)NC2CCCC2)c2cc(F)cc(C(F)(F)F)c2)ccc1F. The molecule has 3 aromatic carbocycles. The van der Waals surface area contributed by atoms with Gasteiger partial charge in [0.1, 0.15) is 5.82 Å². The molecule has 1 aliphatic rings. The van der Waals surface area contributed by atoms with Gasteiger partial charge in [-0.25, -0.2) is 18.4 Å². The predicted octanol–water partition coefficient (Wildman–Crippen LogP) is 6.18. The third kappa shape index (κ3) is 6.88. The minimum absolute atomic E-state index is 0.0541. The van der Waals surface area contributed by atoms with Crippen LogP contribution in [0.4, 0.5) is 26.7 Å². The number of halogens is 5. The van der Waals surface area contributed by atoms with Gasteiger partial charge in [0.25, 0.3) is 0 Å². The lowest BCUT2D eigenvalue weighted by Crippen LogP contribution is -2.53. The van der Waals surface area contributed by atoms with Crippen molar-refractivity contribution >= 4 is 12.0 Å². The van der Waals surface area contributed by atoms with Crippen molar-refractivity contribution in [3.8, 4) is 5.75 Å². The van der Waals surface area contributed by atoms with Crippen molar-refractivity contribution in [2.45, 2.75) is 49.9 Å². The Balaban J connectivity index is 1.93. The quantitative estimate of drug-likeness (QED) is 0.272. The van der Waals surface area contributed by atoms with Crippen LogP contribution in [0.5, 0.6) is 5.75 Å². The van der Waals surface area contributed by atoms with Crippen LogP contribution in [-0.2, 0) is 22.9 Å². The molecule has 0 bridgehead atoms. The summed E-state index contributed by atoms with van der Waals surface area (Å²) in [6.45, 7) is -0.889. The lowest BCUT2D eigenvalue weighted by molar-refractivity contribution is -0.139. The first-order valence-corrected chi connectivity index (χ1v) is 12.6. The summed E-state index contributed by atoms with van der Waals surface area (Å²) in [6.07, 6.45) is -1.80. The molecule has 2 amide bonds. The molecule has 0 radical (unpaired) electrons. The maximum absolute atomic E-state index is 14.8. The van der Waals surface area contributed by atoms with Gasteiger partial charge in [0, 0.05) is 12.5 Å². The second-order valence-corrected chi connectivity index (χ2v) is 9.70. The molecule has 40 heavy (non-hydrogen) atoms. The number of benzene rings is 3. The smallest absolute Gasteiger partial charge is 0.416 e. The zero-order valence-corrected chi connectivity index (χ0v) is 21.2. The largest absolute Gasteiger partial charge is 0.479 e. The first-order chi connectivity index (χ1) is 19.0. The van der Waals surface area contributed by atoms with E-state index >= 15 is 0 Å². The number of aliphatic carboxylic acids is 1. The number of amides is 2. The highest BCUT2D eigenvalue weighted by Crippen LogP contribution is 2.39. The molecule has 0 saturated heterocycles. The number of urea groups is 1. The van der Waals surface area contributed by atoms with E-state index in [0.29, 0.717) is 11.6 Å². The van der Waals surface area contributed by atoms with Gasteiger partial charge in [0.2, 0.25) is 0 Å². The number of carbonyl (C=O) groups is 2. The van der Waals surface area contributed by atoms with E-state index in [1.165, 1.54) is 6.07 Å². The number of rotatable bonds is 9. The van der Waals surface area contributed by atoms with Gasteiger partial charge in [-0.3, -0.25) is 0 Å². The summed E-state index contributed by atoms with van der Waals surface area (Å²) in [7, 11) is 0. The normalized spacial score (nSPS) is 15.3. The van der Waals surface area contributed by atoms with E-state index in [-0.39, 0.29) is 23.6 Å². The monoisotopic (exact) mass is 562 g/mol. The molecule has 3 aromatic rings. The molecule has 1 aliphatic carbocycles. The highest BCUT2D eigenvalue weighted by molar-refractivity contribution is 5.76. The molecular weight excluding hydrogens is 535 g/mol. The van der Waals surface area contributed by atoms with Crippen LogP contribution in [0.2, 0.25) is 0 Å². The summed E-state index contributed by atoms with van der Waals surface area (Å²) < 4.78 is 75.9. The van der Waals surface area contributed by atoms with Crippen LogP contribution in [-0.4, -0.2) is 29.8 Å². The Hall–Kier alpha value is -4.15. The number of alkyl halides is 3. The van der Waals surface area contributed by atoms with Gasteiger partial charge in [-0.1, -0.05) is 49.2 Å². The number of carboxylic acids is 1. The Kier molecular flexibility index (Phi) is 8.61. The zero-order valence-electron chi connectivity index (χ0n) is 21.2. The van der Waals surface area contributed by atoms with Gasteiger partial charge in [0.05, 0.1) is 11.1 Å². The standard InChI is InChI=1S/C29H27F5N2O4/c30-22-13-20(12-21(14-22)29(32,33)34)28(16-18-6-2-1-3-7-18,36-27(39)35-23-8-4-5-9-23)19-10-11-24(31)25(15-19)40-17-26(37)38/h1-3,6-7,10-15,23H,4-5,8-9,16-17H2,(H,37,38)(H2,35,36,39)/t28-/m1/s1. The average Bonchev–Trinajstić information content (AvgIpc) is 3.40. The second kappa shape index (κ2) is 11.9. The molecule has 212 valence electrons. The summed E-state index contributed by atoms with van der Waals surface area (Å²) in [5, 5.41) is 14.6. The van der Waals surface area contributed by atoms with Crippen LogP contribution in [0.1, 0.15) is 47.9 Å². The molecule has 1 fully saturated rings. The fourth-order valence-electron chi connectivity index (χ4n) is 4.97. The first-order valence-electron chi connectivity index (χ1n) is 12.6. The van der Waals surface area contributed by atoms with Crippen LogP contribution in [0.3, 0.4) is 0 Å². The highest BCUT2D eigenvalue weighted by atomic mass is 19.4. The third-order valence-corrected chi connectivity index (χ3v) is 6.82. The molecule has 0 spiro atoms. The summed E-state index contributed by atoms with van der Waals surface area (Å²) in [5.41, 5.74) is -2.76. The van der Waals surface area contributed by atoms with Crippen molar-refractivity contribution < 1.29 is 41.4 Å². The minimum Gasteiger partial charge on any atom is -0.479 e. The maximum atomic E-state index is 14.8. The predicted molar refractivity (Wildman–Crippen MR) is 136 cm³/mol. The van der Waals surface area contributed by atoms with Crippen LogP contribution >= 0.6 is 0 Å². The lowest BCUT2D eigenvalue weighted by Gasteiger charge is -2.37. The summed E-state index contributed by atoms with van der Waals surface area (Å²) >= 11 is 0. The van der Waals surface area contributed by atoms with Gasteiger partial charge in [-0.05, 0) is 59.9 Å². The van der Waals surface area contributed by atoms with Crippen LogP contribution in [0.15, 0.2) is 66.7 Å². The van der Waals surface area contributed by atoms with E-state index in [1.807, 2.05) is 0 Å². The fourth-order valence-corrected chi connectivity index (χ4v) is 4.97. The van der Waals surface area contributed by atoms with Crippen LogP contribution in [0.25, 0.3) is 0 Å². The topological polar surface area (TPSA) is 87.7 Å². The first kappa shape index (κ1) is 28.8. The van der Waals surface area contributed by atoms with Gasteiger partial charge >= 0.3 is 18.2 Å². The van der Waals surface area contributed by atoms with Gasteiger partial charge in [-0.2, -0.15) is 13.2 Å². The molecule has 1 saturated carbocycles. The number of hydrogen-bond donors (Lipinski definition) is 3. The van der Waals surface area contributed by atoms with Crippen molar-refractivity contribution in [2.24, 2.45) is 0 Å². The van der Waals surface area contributed by atoms with Crippen molar-refractivity contribution in [1.29, 1.82) is 0 Å². The Bertz CT molecular complexity index is 1360.